The average molecular weight is 225 g/mol. The van der Waals surface area contributed by atoms with Gasteiger partial charge in [0.05, 0.1) is 6.10 Å². The monoisotopic (exact) mass is 225 g/mol. The van der Waals surface area contributed by atoms with Crippen LogP contribution in [0.25, 0.3) is 0 Å². The molecule has 2 nitrogen and oxygen atoms in total. The van der Waals surface area contributed by atoms with Gasteiger partial charge in [-0.15, -0.1) is 0 Å². The van der Waals surface area contributed by atoms with Crippen LogP contribution in [-0.2, 0) is 0 Å². The average Bonchev–Trinajstić information content (AvgIpc) is 3.04. The Morgan fingerprint density at radius 3 is 2.38 bits per heavy atom. The molecule has 2 N–H and O–H groups in total. The standard InChI is InChI=1S/C14H27NO/c1-10(2)14(11-7-8-11)15-9-12-5-3-4-6-13(12)16/h10-16H,3-9H2,1-2H3. The van der Waals surface area contributed by atoms with Crippen molar-refractivity contribution in [3.63, 3.8) is 0 Å². The van der Waals surface area contributed by atoms with Gasteiger partial charge in [0.2, 0.25) is 0 Å². The largest absolute Gasteiger partial charge is 0.393 e. The minimum Gasteiger partial charge on any atom is -0.393 e. The molecule has 3 unspecified atom stereocenters. The topological polar surface area (TPSA) is 32.3 Å². The van der Waals surface area contributed by atoms with Gasteiger partial charge in [0.1, 0.15) is 0 Å². The molecule has 2 fully saturated rings. The molecule has 2 rings (SSSR count). The Labute approximate surface area is 99.8 Å². The van der Waals surface area contributed by atoms with Crippen LogP contribution in [0.4, 0.5) is 0 Å². The quantitative estimate of drug-likeness (QED) is 0.753. The van der Waals surface area contributed by atoms with E-state index in [-0.39, 0.29) is 6.10 Å². The molecular formula is C14H27NO. The maximum Gasteiger partial charge on any atom is 0.0580 e. The highest BCUT2D eigenvalue weighted by atomic mass is 16.3. The van der Waals surface area contributed by atoms with Gasteiger partial charge in [-0.3, -0.25) is 0 Å². The number of hydrogen-bond donors (Lipinski definition) is 2. The fourth-order valence-corrected chi connectivity index (χ4v) is 3.12. The first-order chi connectivity index (χ1) is 7.68. The molecule has 0 amide bonds. The Balaban J connectivity index is 1.75. The number of hydrogen-bond acceptors (Lipinski definition) is 2. The second-order valence-electron chi connectivity index (χ2n) is 6.13. The number of nitrogens with one attached hydrogen (secondary N) is 1. The Bertz CT molecular complexity index is 211. The molecule has 2 heteroatoms. The fraction of sp³-hybridized carbons (Fsp3) is 1.00. The van der Waals surface area contributed by atoms with Crippen LogP contribution in [0.3, 0.4) is 0 Å². The van der Waals surface area contributed by atoms with Crippen LogP contribution < -0.4 is 5.32 Å². The second kappa shape index (κ2) is 5.50. The Morgan fingerprint density at radius 1 is 1.12 bits per heavy atom. The SMILES string of the molecule is CC(C)C(NCC1CCCCC1O)C1CC1. The Hall–Kier alpha value is -0.0800. The molecule has 0 aromatic rings. The van der Waals surface area contributed by atoms with Gasteiger partial charge in [0, 0.05) is 12.6 Å². The highest BCUT2D eigenvalue weighted by Crippen LogP contribution is 2.36. The smallest absolute Gasteiger partial charge is 0.0580 e. The first kappa shape index (κ1) is 12.4. The molecule has 94 valence electrons. The van der Waals surface area contributed by atoms with Crippen molar-refractivity contribution in [1.82, 2.24) is 5.32 Å². The van der Waals surface area contributed by atoms with E-state index in [1.165, 1.54) is 32.1 Å². The molecule has 0 radical (unpaired) electrons. The predicted octanol–water partition coefficient (Wildman–Crippen LogP) is 2.56. The van der Waals surface area contributed by atoms with Crippen molar-refractivity contribution in [3.05, 3.63) is 0 Å². The maximum absolute atomic E-state index is 9.93. The van der Waals surface area contributed by atoms with E-state index in [9.17, 15) is 5.11 Å². The van der Waals surface area contributed by atoms with E-state index in [1.807, 2.05) is 0 Å². The highest BCUT2D eigenvalue weighted by Gasteiger charge is 2.33. The molecule has 3 atom stereocenters. The molecule has 0 saturated heterocycles. The summed E-state index contributed by atoms with van der Waals surface area (Å²) in [5.41, 5.74) is 0. The van der Waals surface area contributed by atoms with Crippen molar-refractivity contribution in [2.24, 2.45) is 17.8 Å². The minimum absolute atomic E-state index is 0.0479. The molecule has 0 bridgehead atoms. The first-order valence-corrected chi connectivity index (χ1v) is 7.10. The van der Waals surface area contributed by atoms with Gasteiger partial charge in [0.25, 0.3) is 0 Å². The summed E-state index contributed by atoms with van der Waals surface area (Å²) >= 11 is 0. The first-order valence-electron chi connectivity index (χ1n) is 7.10. The summed E-state index contributed by atoms with van der Waals surface area (Å²) in [6, 6.07) is 0.689. The normalized spacial score (nSPS) is 33.0. The van der Waals surface area contributed by atoms with Crippen molar-refractivity contribution in [2.75, 3.05) is 6.54 Å². The van der Waals surface area contributed by atoms with E-state index in [0.29, 0.717) is 12.0 Å². The van der Waals surface area contributed by atoms with Gasteiger partial charge >= 0.3 is 0 Å². The van der Waals surface area contributed by atoms with Crippen LogP contribution >= 0.6 is 0 Å². The van der Waals surface area contributed by atoms with Gasteiger partial charge in [-0.2, -0.15) is 0 Å². The molecule has 0 aliphatic heterocycles. The van der Waals surface area contributed by atoms with Crippen LogP contribution in [0, 0.1) is 17.8 Å². The minimum atomic E-state index is -0.0479. The third-order valence-electron chi connectivity index (χ3n) is 4.33. The fourth-order valence-electron chi connectivity index (χ4n) is 3.12. The number of aliphatic hydroxyl groups excluding tert-OH is 1. The molecule has 2 aliphatic carbocycles. The van der Waals surface area contributed by atoms with Crippen molar-refractivity contribution in [3.8, 4) is 0 Å². The van der Waals surface area contributed by atoms with E-state index in [4.69, 9.17) is 0 Å². The third kappa shape index (κ3) is 3.21. The molecular weight excluding hydrogens is 198 g/mol. The lowest BCUT2D eigenvalue weighted by Gasteiger charge is -2.31. The van der Waals surface area contributed by atoms with Crippen LogP contribution in [0.15, 0.2) is 0 Å². The van der Waals surface area contributed by atoms with E-state index in [0.717, 1.165) is 24.8 Å². The van der Waals surface area contributed by atoms with Crippen LogP contribution in [0.5, 0.6) is 0 Å². The predicted molar refractivity (Wildman–Crippen MR) is 67.3 cm³/mol. The summed E-state index contributed by atoms with van der Waals surface area (Å²) in [5, 5.41) is 13.7. The summed E-state index contributed by atoms with van der Waals surface area (Å²) in [6.07, 6.45) is 7.51. The lowest BCUT2D eigenvalue weighted by Crippen LogP contribution is -2.42. The molecule has 0 aromatic carbocycles. The van der Waals surface area contributed by atoms with E-state index < -0.39 is 0 Å². The zero-order valence-electron chi connectivity index (χ0n) is 10.8. The third-order valence-corrected chi connectivity index (χ3v) is 4.33. The summed E-state index contributed by atoms with van der Waals surface area (Å²) in [7, 11) is 0. The maximum atomic E-state index is 9.93. The van der Waals surface area contributed by atoms with E-state index >= 15 is 0 Å². The Morgan fingerprint density at radius 2 is 1.81 bits per heavy atom. The summed E-state index contributed by atoms with van der Waals surface area (Å²) in [5.74, 6) is 2.16. The van der Waals surface area contributed by atoms with Crippen molar-refractivity contribution in [2.45, 2.75) is 64.5 Å². The van der Waals surface area contributed by atoms with Crippen molar-refractivity contribution in [1.29, 1.82) is 0 Å². The zero-order chi connectivity index (χ0) is 11.5. The van der Waals surface area contributed by atoms with Gasteiger partial charge in [-0.25, -0.2) is 0 Å². The number of aliphatic hydroxyl groups is 1. The van der Waals surface area contributed by atoms with Crippen LogP contribution in [0.1, 0.15) is 52.4 Å². The lowest BCUT2D eigenvalue weighted by atomic mass is 9.86. The molecule has 0 aromatic heterocycles. The van der Waals surface area contributed by atoms with Gasteiger partial charge < -0.3 is 10.4 Å². The summed E-state index contributed by atoms with van der Waals surface area (Å²) < 4.78 is 0. The highest BCUT2D eigenvalue weighted by molar-refractivity contribution is 4.89. The summed E-state index contributed by atoms with van der Waals surface area (Å²) in [4.78, 5) is 0. The van der Waals surface area contributed by atoms with Gasteiger partial charge in [-0.05, 0) is 43.4 Å². The van der Waals surface area contributed by atoms with Crippen LogP contribution in [-0.4, -0.2) is 23.8 Å². The molecule has 0 heterocycles. The van der Waals surface area contributed by atoms with E-state index in [1.54, 1.807) is 0 Å². The van der Waals surface area contributed by atoms with Crippen molar-refractivity contribution >= 4 is 0 Å². The molecule has 2 aliphatic rings. The molecule has 2 saturated carbocycles. The number of rotatable bonds is 5. The molecule has 16 heavy (non-hydrogen) atoms. The van der Waals surface area contributed by atoms with E-state index in [2.05, 4.69) is 19.2 Å². The lowest BCUT2D eigenvalue weighted by molar-refractivity contribution is 0.0665. The van der Waals surface area contributed by atoms with Gasteiger partial charge in [0.15, 0.2) is 0 Å². The summed E-state index contributed by atoms with van der Waals surface area (Å²) in [6.45, 7) is 5.65. The van der Waals surface area contributed by atoms with Gasteiger partial charge in [-0.1, -0.05) is 26.7 Å². The Kier molecular flexibility index (Phi) is 4.26. The zero-order valence-corrected chi connectivity index (χ0v) is 10.8. The van der Waals surface area contributed by atoms with Crippen molar-refractivity contribution < 1.29 is 5.11 Å². The molecule has 0 spiro atoms. The van der Waals surface area contributed by atoms with Crippen LogP contribution in [0.2, 0.25) is 0 Å². The second-order valence-corrected chi connectivity index (χ2v) is 6.13.